The van der Waals surface area contributed by atoms with Crippen molar-refractivity contribution < 1.29 is 4.79 Å². The Bertz CT molecular complexity index is 450. The fraction of sp³-hybridized carbons (Fsp3) is 0.538. The molecule has 1 atom stereocenters. The molecule has 0 aliphatic heterocycles. The summed E-state index contributed by atoms with van der Waals surface area (Å²) < 4.78 is 0. The molecule has 0 bridgehead atoms. The zero-order valence-electron chi connectivity index (χ0n) is 11.6. The molecule has 6 heteroatoms. The zero-order chi connectivity index (χ0) is 14.6. The highest BCUT2D eigenvalue weighted by atomic mass is 35.5. The first-order valence-electron chi connectivity index (χ1n) is 6.09. The summed E-state index contributed by atoms with van der Waals surface area (Å²) in [4.78, 5) is 18.2. The fourth-order valence-electron chi connectivity index (χ4n) is 1.63. The molecule has 1 N–H and O–H groups in total. The predicted octanol–water partition coefficient (Wildman–Crippen LogP) is 2.70. The van der Waals surface area contributed by atoms with Gasteiger partial charge in [-0.25, -0.2) is 4.98 Å². The van der Waals surface area contributed by atoms with Gasteiger partial charge in [0, 0.05) is 12.6 Å². The molecule has 0 aliphatic carbocycles. The molecule has 1 aromatic rings. The van der Waals surface area contributed by atoms with E-state index in [9.17, 15) is 4.79 Å². The van der Waals surface area contributed by atoms with E-state index < -0.39 is 0 Å². The Morgan fingerprint density at radius 1 is 1.37 bits per heavy atom. The molecule has 0 aliphatic rings. The van der Waals surface area contributed by atoms with Crippen LogP contribution in [0.25, 0.3) is 0 Å². The quantitative estimate of drug-likeness (QED) is 0.851. The molecule has 1 amide bonds. The normalized spacial score (nSPS) is 12.8. The number of halogens is 2. The molecule has 0 radical (unpaired) electrons. The number of aromatic nitrogens is 1. The molecule has 4 nitrogen and oxygen atoms in total. The lowest BCUT2D eigenvalue weighted by atomic mass is 10.0. The molecule has 0 saturated carbocycles. The molecule has 1 rings (SSSR count). The number of likely N-dealkylation sites (N-methyl/N-ethyl adjacent to an activating group) is 1. The Labute approximate surface area is 124 Å². The maximum absolute atomic E-state index is 12.2. The topological polar surface area (TPSA) is 45.2 Å². The number of hydrogen-bond donors (Lipinski definition) is 1. The lowest BCUT2D eigenvalue weighted by Crippen LogP contribution is -2.45. The van der Waals surface area contributed by atoms with Crippen molar-refractivity contribution in [3.05, 3.63) is 28.0 Å². The Morgan fingerprint density at radius 3 is 2.53 bits per heavy atom. The molecule has 19 heavy (non-hydrogen) atoms. The highest BCUT2D eigenvalue weighted by molar-refractivity contribution is 6.34. The van der Waals surface area contributed by atoms with Gasteiger partial charge in [0.15, 0.2) is 0 Å². The molecule has 1 heterocycles. The minimum Gasteiger partial charge on any atom is -0.346 e. The fourth-order valence-corrected chi connectivity index (χ4v) is 1.97. The molecule has 0 aromatic carbocycles. The smallest absolute Gasteiger partial charge is 0.271 e. The first-order valence-corrected chi connectivity index (χ1v) is 6.84. The van der Waals surface area contributed by atoms with Crippen molar-refractivity contribution in [3.8, 4) is 0 Å². The van der Waals surface area contributed by atoms with Crippen molar-refractivity contribution in [2.24, 2.45) is 5.92 Å². The highest BCUT2D eigenvalue weighted by Gasteiger charge is 2.20. The molecule has 0 saturated heterocycles. The van der Waals surface area contributed by atoms with Crippen molar-refractivity contribution in [3.63, 3.8) is 0 Å². The molecule has 0 fully saturated rings. The minimum absolute atomic E-state index is 0.0272. The van der Waals surface area contributed by atoms with E-state index in [4.69, 9.17) is 23.2 Å². The number of pyridine rings is 1. The molecular weight excluding hydrogens is 285 g/mol. The summed E-state index contributed by atoms with van der Waals surface area (Å²) in [5.41, 5.74) is 0.165. The third-order valence-electron chi connectivity index (χ3n) is 2.71. The van der Waals surface area contributed by atoms with Crippen molar-refractivity contribution >= 4 is 29.1 Å². The Balaban J connectivity index is 2.84. The maximum atomic E-state index is 12.2. The molecule has 1 aromatic heterocycles. The van der Waals surface area contributed by atoms with Gasteiger partial charge < -0.3 is 10.2 Å². The second kappa shape index (κ2) is 7.08. The van der Waals surface area contributed by atoms with Gasteiger partial charge in [-0.1, -0.05) is 37.0 Å². The van der Waals surface area contributed by atoms with Gasteiger partial charge in [0.25, 0.3) is 5.91 Å². The average Bonchev–Trinajstić information content (AvgIpc) is 2.30. The van der Waals surface area contributed by atoms with Crippen LogP contribution in [0.2, 0.25) is 10.2 Å². The van der Waals surface area contributed by atoms with Crippen LogP contribution in [-0.4, -0.2) is 42.5 Å². The van der Waals surface area contributed by atoms with Gasteiger partial charge in [0.1, 0.15) is 10.8 Å². The van der Waals surface area contributed by atoms with Crippen LogP contribution in [0.5, 0.6) is 0 Å². The average molecular weight is 304 g/mol. The lowest BCUT2D eigenvalue weighted by Gasteiger charge is -2.25. The van der Waals surface area contributed by atoms with E-state index >= 15 is 0 Å². The van der Waals surface area contributed by atoms with Gasteiger partial charge in [0.05, 0.1) is 5.02 Å². The number of amides is 1. The molecule has 1 unspecified atom stereocenters. The Hall–Kier alpha value is -0.840. The van der Waals surface area contributed by atoms with E-state index in [2.05, 4.69) is 24.1 Å². The Morgan fingerprint density at radius 2 is 2.00 bits per heavy atom. The van der Waals surface area contributed by atoms with Crippen LogP contribution in [0.4, 0.5) is 0 Å². The van der Waals surface area contributed by atoms with E-state index in [-0.39, 0.29) is 22.8 Å². The summed E-state index contributed by atoms with van der Waals surface area (Å²) in [5, 5.41) is 3.50. The van der Waals surface area contributed by atoms with E-state index in [1.54, 1.807) is 12.1 Å². The van der Waals surface area contributed by atoms with Gasteiger partial charge >= 0.3 is 0 Å². The minimum atomic E-state index is -0.298. The second-order valence-corrected chi connectivity index (χ2v) is 5.85. The van der Waals surface area contributed by atoms with Crippen LogP contribution in [0.3, 0.4) is 0 Å². The van der Waals surface area contributed by atoms with E-state index in [1.807, 2.05) is 19.0 Å². The van der Waals surface area contributed by atoms with Crippen molar-refractivity contribution in [2.75, 3.05) is 20.6 Å². The lowest BCUT2D eigenvalue weighted by molar-refractivity contribution is 0.0911. The summed E-state index contributed by atoms with van der Waals surface area (Å²) >= 11 is 11.8. The summed E-state index contributed by atoms with van der Waals surface area (Å²) in [7, 11) is 3.93. The largest absolute Gasteiger partial charge is 0.346 e. The van der Waals surface area contributed by atoms with Crippen LogP contribution in [0.15, 0.2) is 12.1 Å². The molecule has 0 spiro atoms. The van der Waals surface area contributed by atoms with Crippen molar-refractivity contribution in [1.82, 2.24) is 15.2 Å². The van der Waals surface area contributed by atoms with E-state index in [1.165, 1.54) is 0 Å². The molecular formula is C13H19Cl2N3O. The SMILES string of the molecule is CC(C)C(CN(C)C)NC(=O)c1nc(Cl)ccc1Cl. The number of hydrogen-bond acceptors (Lipinski definition) is 3. The van der Waals surface area contributed by atoms with Crippen molar-refractivity contribution in [2.45, 2.75) is 19.9 Å². The predicted molar refractivity (Wildman–Crippen MR) is 78.9 cm³/mol. The first kappa shape index (κ1) is 16.2. The summed E-state index contributed by atoms with van der Waals surface area (Å²) in [6, 6.07) is 3.15. The monoisotopic (exact) mass is 303 g/mol. The number of carbonyl (C=O) groups is 1. The first-order chi connectivity index (χ1) is 8.81. The third-order valence-corrected chi connectivity index (χ3v) is 3.23. The third kappa shape index (κ3) is 4.97. The number of nitrogens with zero attached hydrogens (tertiary/aromatic N) is 2. The van der Waals surface area contributed by atoms with Gasteiger partial charge in [-0.05, 0) is 32.1 Å². The zero-order valence-corrected chi connectivity index (χ0v) is 13.1. The van der Waals surface area contributed by atoms with Gasteiger partial charge in [-0.3, -0.25) is 4.79 Å². The van der Waals surface area contributed by atoms with Crippen LogP contribution < -0.4 is 5.32 Å². The van der Waals surface area contributed by atoms with Crippen LogP contribution >= 0.6 is 23.2 Å². The summed E-state index contributed by atoms with van der Waals surface area (Å²) in [6.45, 7) is 4.87. The maximum Gasteiger partial charge on any atom is 0.271 e. The van der Waals surface area contributed by atoms with Gasteiger partial charge in [0.2, 0.25) is 0 Å². The van der Waals surface area contributed by atoms with Gasteiger partial charge in [-0.2, -0.15) is 0 Å². The number of rotatable bonds is 5. The second-order valence-electron chi connectivity index (χ2n) is 5.05. The van der Waals surface area contributed by atoms with E-state index in [0.717, 1.165) is 6.54 Å². The number of carbonyl (C=O) groups excluding carboxylic acids is 1. The summed E-state index contributed by atoms with van der Waals surface area (Å²) in [5.74, 6) is 0.0114. The van der Waals surface area contributed by atoms with Crippen molar-refractivity contribution in [1.29, 1.82) is 0 Å². The molecule has 106 valence electrons. The summed E-state index contributed by atoms with van der Waals surface area (Å²) in [6.07, 6.45) is 0. The Kier molecular flexibility index (Phi) is 6.04. The van der Waals surface area contributed by atoms with Crippen LogP contribution in [-0.2, 0) is 0 Å². The highest BCUT2D eigenvalue weighted by Crippen LogP contribution is 2.17. The van der Waals surface area contributed by atoms with E-state index in [0.29, 0.717) is 10.9 Å². The number of nitrogens with one attached hydrogen (secondary N) is 1. The van der Waals surface area contributed by atoms with Crippen LogP contribution in [0.1, 0.15) is 24.3 Å². The van der Waals surface area contributed by atoms with Gasteiger partial charge in [-0.15, -0.1) is 0 Å². The standard InChI is InChI=1S/C13H19Cl2N3O/c1-8(2)10(7-18(3)4)16-13(19)12-9(14)5-6-11(15)17-12/h5-6,8,10H,7H2,1-4H3,(H,16,19). The van der Waals surface area contributed by atoms with Crippen LogP contribution in [0, 0.1) is 5.92 Å².